The lowest BCUT2D eigenvalue weighted by Crippen LogP contribution is -2.35. The number of carboxylic acids is 1. The Morgan fingerprint density at radius 1 is 1.38 bits per heavy atom. The third-order valence-corrected chi connectivity index (χ3v) is 0.783. The molecule has 6 nitrogen and oxygen atoms in total. The summed E-state index contributed by atoms with van der Waals surface area (Å²) in [6.07, 6.45) is -0.718. The lowest BCUT2D eigenvalue weighted by Gasteiger charge is -2.19. The van der Waals surface area contributed by atoms with Crippen molar-refractivity contribution >= 4 is 12.1 Å². The van der Waals surface area contributed by atoms with Crippen LogP contribution in [0.15, 0.2) is 0 Å². The number of carbonyl (C=O) groups is 2. The molecule has 0 aromatic heterocycles. The van der Waals surface area contributed by atoms with Crippen LogP contribution in [0.3, 0.4) is 0 Å². The van der Waals surface area contributed by atoms with E-state index < -0.39 is 24.2 Å². The van der Waals surface area contributed by atoms with Crippen LogP contribution in [0.2, 0.25) is 0 Å². The van der Waals surface area contributed by atoms with Gasteiger partial charge in [0.15, 0.2) is 0 Å². The number of nitrogens with one attached hydrogen (secondary N) is 1. The summed E-state index contributed by atoms with van der Waals surface area (Å²) in [5.74, 6) is -1.10. The third-order valence-electron chi connectivity index (χ3n) is 0.783. The summed E-state index contributed by atoms with van der Waals surface area (Å²) in [6.45, 7) is 4.68. The highest BCUT2D eigenvalue weighted by Crippen LogP contribution is 2.05. The summed E-state index contributed by atoms with van der Waals surface area (Å²) in [6, 6.07) is 0. The quantitative estimate of drug-likeness (QED) is 0.598. The number of hydrogen-bond acceptors (Lipinski definition) is 4. The minimum Gasteiger partial charge on any atom is -0.480 e. The van der Waals surface area contributed by atoms with Crippen LogP contribution in [0.5, 0.6) is 0 Å². The molecule has 78 valence electrons. The topological polar surface area (TPSA) is 111 Å². The van der Waals surface area contributed by atoms with Crippen molar-refractivity contribution in [2.75, 3.05) is 6.54 Å². The number of carboxylic acid groups (broad SMARTS) is 1. The van der Waals surface area contributed by atoms with Crippen LogP contribution in [0.25, 0.3) is 0 Å². The van der Waals surface area contributed by atoms with Gasteiger partial charge in [0, 0.05) is 0 Å². The number of amides is 1. The first-order valence-corrected chi connectivity index (χ1v) is 3.50. The number of hydrogen-bond donors (Lipinski definition) is 3. The fourth-order valence-corrected chi connectivity index (χ4v) is 0.462. The van der Waals surface area contributed by atoms with Crippen LogP contribution in [0.1, 0.15) is 20.8 Å². The highest BCUT2D eigenvalue weighted by Gasteiger charge is 2.15. The van der Waals surface area contributed by atoms with E-state index in [1.807, 2.05) is 0 Å². The first-order valence-electron chi connectivity index (χ1n) is 3.50. The van der Waals surface area contributed by atoms with Crippen LogP contribution in [0.4, 0.5) is 4.79 Å². The summed E-state index contributed by atoms with van der Waals surface area (Å²) in [5, 5.41) is 10.3. The average Bonchev–Trinajstić information content (AvgIpc) is 1.79. The second kappa shape index (κ2) is 5.36. The van der Waals surface area contributed by atoms with Crippen LogP contribution < -0.4 is 11.5 Å². The molecule has 0 saturated heterocycles. The Kier molecular flexibility index (Phi) is 5.87. The molecule has 0 saturated carbocycles. The fourth-order valence-electron chi connectivity index (χ4n) is 0.462. The molecule has 0 spiro atoms. The van der Waals surface area contributed by atoms with E-state index in [1.165, 1.54) is 0 Å². The largest absolute Gasteiger partial charge is 0.480 e. The van der Waals surface area contributed by atoms with Crippen LogP contribution in [-0.4, -0.2) is 29.3 Å². The first kappa shape index (κ1) is 14.2. The molecule has 5 N–H and O–H groups in total. The maximum atomic E-state index is 10.8. The molecular formula is C7H16N2O4. The summed E-state index contributed by atoms with van der Waals surface area (Å²) >= 11 is 0. The van der Waals surface area contributed by atoms with Gasteiger partial charge in [0.05, 0.1) is 0 Å². The van der Waals surface area contributed by atoms with E-state index in [2.05, 4.69) is 5.32 Å². The van der Waals surface area contributed by atoms with Gasteiger partial charge in [-0.2, -0.15) is 0 Å². The Morgan fingerprint density at radius 2 is 1.85 bits per heavy atom. The Bertz CT molecular complexity index is 185. The Labute approximate surface area is 76.8 Å². The normalized spacial score (nSPS) is 9.77. The molecule has 0 rings (SSSR count). The average molecular weight is 192 g/mol. The molecule has 0 aromatic rings. The van der Waals surface area contributed by atoms with Gasteiger partial charge in [-0.3, -0.25) is 4.79 Å². The smallest absolute Gasteiger partial charge is 0.408 e. The molecular weight excluding hydrogens is 176 g/mol. The van der Waals surface area contributed by atoms with Gasteiger partial charge in [-0.1, -0.05) is 0 Å². The molecule has 0 fully saturated rings. The lowest BCUT2D eigenvalue weighted by molar-refractivity contribution is -0.136. The molecule has 0 radical (unpaired) electrons. The zero-order chi connectivity index (χ0) is 9.78. The van der Waals surface area contributed by atoms with Gasteiger partial charge in [-0.15, -0.1) is 0 Å². The molecule has 0 aliphatic heterocycles. The summed E-state index contributed by atoms with van der Waals surface area (Å²) in [4.78, 5) is 20.8. The van der Waals surface area contributed by atoms with Crippen molar-refractivity contribution in [3.05, 3.63) is 0 Å². The van der Waals surface area contributed by atoms with E-state index in [0.717, 1.165) is 0 Å². The second-order valence-electron chi connectivity index (χ2n) is 3.25. The predicted molar refractivity (Wildman–Crippen MR) is 46.9 cm³/mol. The van der Waals surface area contributed by atoms with Crippen LogP contribution in [0, 0.1) is 0 Å². The number of alkyl carbamates (subject to hydrolysis) is 1. The molecule has 0 aliphatic carbocycles. The van der Waals surface area contributed by atoms with Crippen LogP contribution >= 0.6 is 0 Å². The van der Waals surface area contributed by atoms with Gasteiger partial charge in [-0.05, 0) is 20.8 Å². The minimum absolute atomic E-state index is 0. The van der Waals surface area contributed by atoms with Gasteiger partial charge in [0.25, 0.3) is 0 Å². The van der Waals surface area contributed by atoms with Crippen molar-refractivity contribution in [2.45, 2.75) is 26.4 Å². The highest BCUT2D eigenvalue weighted by molar-refractivity contribution is 5.76. The summed E-state index contributed by atoms with van der Waals surface area (Å²) < 4.78 is 4.77. The van der Waals surface area contributed by atoms with Crippen molar-refractivity contribution in [3.63, 3.8) is 0 Å². The molecule has 0 atom stereocenters. The second-order valence-corrected chi connectivity index (χ2v) is 3.25. The van der Waals surface area contributed by atoms with Crippen molar-refractivity contribution in [3.8, 4) is 0 Å². The van der Waals surface area contributed by atoms with Gasteiger partial charge in [-0.25, -0.2) is 4.79 Å². The van der Waals surface area contributed by atoms with Crippen molar-refractivity contribution in [1.82, 2.24) is 11.5 Å². The number of aliphatic carboxylic acids is 1. The molecule has 6 heteroatoms. The maximum Gasteiger partial charge on any atom is 0.408 e. The van der Waals surface area contributed by atoms with E-state index in [-0.39, 0.29) is 6.15 Å². The lowest BCUT2D eigenvalue weighted by atomic mass is 10.2. The van der Waals surface area contributed by atoms with E-state index in [4.69, 9.17) is 9.84 Å². The SMILES string of the molecule is CC(C)(C)OC(=O)NCC(=O)O.N. The molecule has 0 heterocycles. The molecule has 0 unspecified atom stereocenters. The van der Waals surface area contributed by atoms with E-state index in [1.54, 1.807) is 20.8 Å². The highest BCUT2D eigenvalue weighted by atomic mass is 16.6. The third kappa shape index (κ3) is 10.7. The van der Waals surface area contributed by atoms with Crippen molar-refractivity contribution < 1.29 is 19.4 Å². The molecule has 0 aliphatic rings. The van der Waals surface area contributed by atoms with E-state index >= 15 is 0 Å². The number of ether oxygens (including phenoxy) is 1. The zero-order valence-corrected chi connectivity index (χ0v) is 8.09. The molecule has 1 amide bonds. The van der Waals surface area contributed by atoms with Gasteiger partial charge in [0.1, 0.15) is 12.1 Å². The van der Waals surface area contributed by atoms with E-state index in [9.17, 15) is 9.59 Å². The Morgan fingerprint density at radius 3 is 2.15 bits per heavy atom. The number of carbonyl (C=O) groups excluding carboxylic acids is 1. The number of rotatable bonds is 2. The Balaban J connectivity index is 0. The summed E-state index contributed by atoms with van der Waals surface area (Å²) in [5.41, 5.74) is -0.595. The first-order chi connectivity index (χ1) is 5.31. The zero-order valence-electron chi connectivity index (χ0n) is 8.09. The van der Waals surface area contributed by atoms with Gasteiger partial charge < -0.3 is 21.3 Å². The molecule has 0 aromatic carbocycles. The fraction of sp³-hybridized carbons (Fsp3) is 0.714. The standard InChI is InChI=1S/C7H13NO4.H3N/c1-7(2,3)12-6(11)8-4-5(9)10;/h4H2,1-3H3,(H,8,11)(H,9,10);1H3. The summed E-state index contributed by atoms with van der Waals surface area (Å²) in [7, 11) is 0. The molecule has 13 heavy (non-hydrogen) atoms. The maximum absolute atomic E-state index is 10.8. The predicted octanol–water partition coefficient (Wildman–Crippen LogP) is 0.758. The molecule has 0 bridgehead atoms. The van der Waals surface area contributed by atoms with Crippen LogP contribution in [-0.2, 0) is 9.53 Å². The van der Waals surface area contributed by atoms with Gasteiger partial charge in [0.2, 0.25) is 0 Å². The van der Waals surface area contributed by atoms with E-state index in [0.29, 0.717) is 0 Å². The van der Waals surface area contributed by atoms with Gasteiger partial charge >= 0.3 is 12.1 Å². The monoisotopic (exact) mass is 192 g/mol. The Hall–Kier alpha value is -1.30. The van der Waals surface area contributed by atoms with Crippen molar-refractivity contribution in [1.29, 1.82) is 0 Å². The van der Waals surface area contributed by atoms with Crippen molar-refractivity contribution in [2.24, 2.45) is 0 Å². The minimum atomic E-state index is -1.10.